The second kappa shape index (κ2) is 17.4. The fraction of sp³-hybridized carbons (Fsp3) is 0.116. The number of hydrogen-bond acceptors (Lipinski definition) is 7. The van der Waals surface area contributed by atoms with Gasteiger partial charge in [-0.05, 0) is 85.3 Å². The predicted molar refractivity (Wildman–Crippen MR) is 216 cm³/mol. The van der Waals surface area contributed by atoms with Gasteiger partial charge in [0.05, 0.1) is 25.6 Å². The standard InChI is InChI=1S/C43H39N5O6S/c1-28-38(43(52)48(47(28)2)33-18-12-7-13-19-33)46-42(51)39(29-14-8-5-9-15-29)55-35-23-20-32(21-24-35)44-41(50)36(45-40(49)30-16-10-6-11-17-30)27-31-26-34(53-3)22-25-37(31)54-4/h5-27,39H,1-4H3,(H,44,50)(H,45,49)(H,46,51)/b36-27-. The second-order valence-corrected chi connectivity index (χ2v) is 13.5. The van der Waals surface area contributed by atoms with Crippen molar-refractivity contribution in [1.82, 2.24) is 14.7 Å². The predicted octanol–water partition coefficient (Wildman–Crippen LogP) is 7.38. The molecule has 3 amide bonds. The third-order valence-corrected chi connectivity index (χ3v) is 10.0. The Morgan fingerprint density at radius 1 is 0.764 bits per heavy atom. The summed E-state index contributed by atoms with van der Waals surface area (Å²) in [6.07, 6.45) is 1.52. The van der Waals surface area contributed by atoms with E-state index in [1.54, 1.807) is 91.4 Å². The van der Waals surface area contributed by atoms with E-state index in [0.717, 1.165) is 10.5 Å². The van der Waals surface area contributed by atoms with Crippen molar-refractivity contribution in [3.63, 3.8) is 0 Å². The summed E-state index contributed by atoms with van der Waals surface area (Å²) in [5.74, 6) is -0.389. The summed E-state index contributed by atoms with van der Waals surface area (Å²) in [5, 5.41) is 7.80. The number of carbonyl (C=O) groups excluding carboxylic acids is 3. The lowest BCUT2D eigenvalue weighted by Gasteiger charge is -2.17. The first-order chi connectivity index (χ1) is 26.7. The molecule has 0 radical (unpaired) electrons. The number of amides is 3. The summed E-state index contributed by atoms with van der Waals surface area (Å²) in [7, 11) is 4.82. The normalized spacial score (nSPS) is 11.7. The Morgan fingerprint density at radius 2 is 1.40 bits per heavy atom. The molecule has 3 N–H and O–H groups in total. The van der Waals surface area contributed by atoms with Gasteiger partial charge in [-0.1, -0.05) is 66.7 Å². The van der Waals surface area contributed by atoms with Gasteiger partial charge in [0.1, 0.15) is 28.1 Å². The molecule has 6 rings (SSSR count). The molecular formula is C43H39N5O6S. The Morgan fingerprint density at radius 3 is 2.04 bits per heavy atom. The van der Waals surface area contributed by atoms with Crippen LogP contribution in [0.5, 0.6) is 11.5 Å². The molecule has 0 saturated carbocycles. The summed E-state index contributed by atoms with van der Waals surface area (Å²) < 4.78 is 14.1. The van der Waals surface area contributed by atoms with E-state index in [-0.39, 0.29) is 22.9 Å². The van der Waals surface area contributed by atoms with E-state index in [4.69, 9.17) is 9.47 Å². The second-order valence-electron chi connectivity index (χ2n) is 12.3. The minimum absolute atomic E-state index is 0.0257. The summed E-state index contributed by atoms with van der Waals surface area (Å²) in [4.78, 5) is 55.3. The van der Waals surface area contributed by atoms with Crippen LogP contribution >= 0.6 is 11.8 Å². The van der Waals surface area contributed by atoms with Crippen LogP contribution in [0.3, 0.4) is 0 Å². The number of rotatable bonds is 13. The Hall–Kier alpha value is -6.79. The van der Waals surface area contributed by atoms with E-state index in [1.807, 2.05) is 60.7 Å². The number of anilines is 2. The van der Waals surface area contributed by atoms with Crippen molar-refractivity contribution in [2.45, 2.75) is 17.1 Å². The molecule has 55 heavy (non-hydrogen) atoms. The molecule has 1 unspecified atom stereocenters. The van der Waals surface area contributed by atoms with Crippen molar-refractivity contribution < 1.29 is 23.9 Å². The van der Waals surface area contributed by atoms with Gasteiger partial charge in [-0.15, -0.1) is 11.8 Å². The molecule has 6 aromatic rings. The van der Waals surface area contributed by atoms with Crippen LogP contribution in [-0.2, 0) is 16.6 Å². The number of aromatic nitrogens is 2. The Balaban J connectivity index is 1.23. The van der Waals surface area contributed by atoms with Gasteiger partial charge in [-0.25, -0.2) is 4.68 Å². The first-order valence-electron chi connectivity index (χ1n) is 17.2. The van der Waals surface area contributed by atoms with Gasteiger partial charge in [0.25, 0.3) is 17.4 Å². The Bertz CT molecular complexity index is 2390. The number of ether oxygens (including phenoxy) is 2. The molecule has 0 fully saturated rings. The van der Waals surface area contributed by atoms with Crippen LogP contribution in [0.4, 0.5) is 11.4 Å². The van der Waals surface area contributed by atoms with Gasteiger partial charge >= 0.3 is 0 Å². The van der Waals surface area contributed by atoms with Crippen molar-refractivity contribution in [2.75, 3.05) is 24.9 Å². The van der Waals surface area contributed by atoms with Crippen LogP contribution in [0.25, 0.3) is 11.8 Å². The number of benzene rings is 5. The van der Waals surface area contributed by atoms with Crippen LogP contribution in [0.1, 0.15) is 32.4 Å². The molecule has 0 aliphatic carbocycles. The lowest BCUT2D eigenvalue weighted by Crippen LogP contribution is -2.30. The number of carbonyl (C=O) groups is 3. The highest BCUT2D eigenvalue weighted by molar-refractivity contribution is 8.00. The fourth-order valence-electron chi connectivity index (χ4n) is 5.80. The third kappa shape index (κ3) is 8.89. The lowest BCUT2D eigenvalue weighted by atomic mass is 10.1. The van der Waals surface area contributed by atoms with Crippen LogP contribution in [-0.4, -0.2) is 41.3 Å². The molecule has 0 aliphatic rings. The van der Waals surface area contributed by atoms with Gasteiger partial charge in [0.15, 0.2) is 0 Å². The number of thioether (sulfide) groups is 1. The quantitative estimate of drug-likeness (QED) is 0.0828. The van der Waals surface area contributed by atoms with E-state index in [1.165, 1.54) is 36.7 Å². The zero-order chi connectivity index (χ0) is 38.9. The molecule has 0 spiro atoms. The van der Waals surface area contributed by atoms with Gasteiger partial charge in [-0.3, -0.25) is 23.9 Å². The number of methoxy groups -OCH3 is 2. The van der Waals surface area contributed by atoms with Crippen molar-refractivity contribution >= 4 is 46.9 Å². The summed E-state index contributed by atoms with van der Waals surface area (Å²) in [6, 6.07) is 39.2. The SMILES string of the molecule is COc1ccc(OC)c(/C=C(\NC(=O)c2ccccc2)C(=O)Nc2ccc(SC(C(=O)Nc3c(C)n(C)n(-c4ccccc4)c3=O)c3ccccc3)cc2)c1. The average Bonchev–Trinajstić information content (AvgIpc) is 3.43. The number of hydrogen-bond donors (Lipinski definition) is 3. The van der Waals surface area contributed by atoms with Crippen LogP contribution in [0.15, 0.2) is 149 Å². The van der Waals surface area contributed by atoms with Crippen molar-refractivity contribution in [3.8, 4) is 17.2 Å². The van der Waals surface area contributed by atoms with E-state index >= 15 is 0 Å². The van der Waals surface area contributed by atoms with Crippen LogP contribution in [0.2, 0.25) is 0 Å². The molecule has 0 saturated heterocycles. The molecule has 0 aliphatic heterocycles. The molecule has 11 nitrogen and oxygen atoms in total. The average molecular weight is 754 g/mol. The molecule has 5 aromatic carbocycles. The van der Waals surface area contributed by atoms with Crippen LogP contribution in [0, 0.1) is 6.92 Å². The molecular weight excluding hydrogens is 715 g/mol. The highest BCUT2D eigenvalue weighted by Crippen LogP contribution is 2.37. The Kier molecular flexibility index (Phi) is 12.0. The molecule has 12 heteroatoms. The van der Waals surface area contributed by atoms with E-state index in [9.17, 15) is 19.2 Å². The maximum atomic E-state index is 14.0. The van der Waals surface area contributed by atoms with Gasteiger partial charge in [0.2, 0.25) is 5.91 Å². The molecule has 0 bridgehead atoms. The molecule has 1 atom stereocenters. The molecule has 278 valence electrons. The lowest BCUT2D eigenvalue weighted by molar-refractivity contribution is -0.116. The summed E-state index contributed by atoms with van der Waals surface area (Å²) in [5.41, 5.74) is 3.22. The smallest absolute Gasteiger partial charge is 0.295 e. The zero-order valence-corrected chi connectivity index (χ0v) is 31.4. The maximum Gasteiger partial charge on any atom is 0.295 e. The van der Waals surface area contributed by atoms with E-state index < -0.39 is 17.1 Å². The highest BCUT2D eigenvalue weighted by atomic mass is 32.2. The van der Waals surface area contributed by atoms with Crippen molar-refractivity contribution in [3.05, 3.63) is 172 Å². The van der Waals surface area contributed by atoms with Crippen LogP contribution < -0.4 is 31.0 Å². The monoisotopic (exact) mass is 753 g/mol. The third-order valence-electron chi connectivity index (χ3n) is 8.77. The first-order valence-corrected chi connectivity index (χ1v) is 18.1. The van der Waals surface area contributed by atoms with Crippen molar-refractivity contribution in [2.24, 2.45) is 7.05 Å². The van der Waals surface area contributed by atoms with Crippen molar-refractivity contribution in [1.29, 1.82) is 0 Å². The fourth-order valence-corrected chi connectivity index (χ4v) is 6.83. The number of nitrogens with zero attached hydrogens (tertiary/aromatic N) is 2. The van der Waals surface area contributed by atoms with E-state index in [2.05, 4.69) is 16.0 Å². The minimum atomic E-state index is -0.716. The highest BCUT2D eigenvalue weighted by Gasteiger charge is 2.26. The summed E-state index contributed by atoms with van der Waals surface area (Å²) >= 11 is 1.30. The first kappa shape index (κ1) is 38.0. The number of para-hydroxylation sites is 1. The minimum Gasteiger partial charge on any atom is -0.497 e. The zero-order valence-electron chi connectivity index (χ0n) is 30.6. The van der Waals surface area contributed by atoms with Gasteiger partial charge < -0.3 is 25.4 Å². The molecule has 1 heterocycles. The number of nitrogens with one attached hydrogen (secondary N) is 3. The van der Waals surface area contributed by atoms with Gasteiger partial charge in [0, 0.05) is 28.8 Å². The largest absolute Gasteiger partial charge is 0.497 e. The molecule has 1 aromatic heterocycles. The van der Waals surface area contributed by atoms with E-state index in [0.29, 0.717) is 39.7 Å². The Labute approximate surface area is 322 Å². The summed E-state index contributed by atoms with van der Waals surface area (Å²) in [6.45, 7) is 1.79. The topological polar surface area (TPSA) is 133 Å². The maximum absolute atomic E-state index is 14.0. The van der Waals surface area contributed by atoms with Gasteiger partial charge in [-0.2, -0.15) is 0 Å².